The number of rotatable bonds is 4. The fraction of sp³-hybridized carbons (Fsp3) is 0.250. The van der Waals surface area contributed by atoms with Gasteiger partial charge in [0.15, 0.2) is 0 Å². The van der Waals surface area contributed by atoms with Crippen LogP contribution in [0.3, 0.4) is 0 Å². The quantitative estimate of drug-likeness (QED) is 0.791. The first-order valence-corrected chi connectivity index (χ1v) is 7.92. The van der Waals surface area contributed by atoms with Crippen LogP contribution in [0.5, 0.6) is 11.5 Å². The lowest BCUT2D eigenvalue weighted by atomic mass is 9.99. The van der Waals surface area contributed by atoms with Crippen molar-refractivity contribution in [3.8, 4) is 11.5 Å². The molecule has 0 amide bonds. The van der Waals surface area contributed by atoms with Gasteiger partial charge in [-0.2, -0.15) is 0 Å². The second kappa shape index (κ2) is 6.81. The maximum atomic E-state index is 10.6. The van der Waals surface area contributed by atoms with Crippen LogP contribution in [0.15, 0.2) is 39.3 Å². The Labute approximate surface area is 141 Å². The van der Waals surface area contributed by atoms with E-state index in [0.29, 0.717) is 11.3 Å². The molecule has 0 aliphatic carbocycles. The van der Waals surface area contributed by atoms with E-state index in [1.165, 1.54) is 0 Å². The first-order valence-electron chi connectivity index (χ1n) is 6.33. The maximum absolute atomic E-state index is 10.6. The van der Waals surface area contributed by atoms with Gasteiger partial charge in [-0.3, -0.25) is 0 Å². The van der Waals surface area contributed by atoms with Gasteiger partial charge in [0, 0.05) is 10.0 Å². The minimum Gasteiger partial charge on any atom is -0.496 e. The first kappa shape index (κ1) is 16.3. The summed E-state index contributed by atoms with van der Waals surface area (Å²) in [6.07, 6.45) is -0.779. The van der Waals surface area contributed by atoms with Gasteiger partial charge in [0.2, 0.25) is 0 Å². The van der Waals surface area contributed by atoms with Crippen molar-refractivity contribution in [1.29, 1.82) is 0 Å². The molecule has 2 aromatic rings. The summed E-state index contributed by atoms with van der Waals surface area (Å²) in [6.45, 7) is 1.98. The Balaban J connectivity index is 2.46. The monoisotopic (exact) mass is 414 g/mol. The van der Waals surface area contributed by atoms with Crippen LogP contribution in [-0.4, -0.2) is 19.3 Å². The summed E-state index contributed by atoms with van der Waals surface area (Å²) in [5, 5.41) is 10.6. The molecule has 5 heteroatoms. The molecule has 3 nitrogen and oxygen atoms in total. The molecule has 0 heterocycles. The largest absolute Gasteiger partial charge is 0.496 e. The van der Waals surface area contributed by atoms with Crippen LogP contribution in [0, 0.1) is 6.92 Å². The summed E-state index contributed by atoms with van der Waals surface area (Å²) in [5.74, 6) is 1.39. The van der Waals surface area contributed by atoms with Crippen LogP contribution < -0.4 is 9.47 Å². The third kappa shape index (κ3) is 3.42. The maximum Gasteiger partial charge on any atom is 0.133 e. The SMILES string of the molecule is COc1ccc(C(O)c2cc(Br)c(C)cc2OC)cc1Br. The second-order valence-corrected chi connectivity index (χ2v) is 6.35. The van der Waals surface area contributed by atoms with E-state index in [-0.39, 0.29) is 0 Å². The highest BCUT2D eigenvalue weighted by atomic mass is 79.9. The van der Waals surface area contributed by atoms with Crippen molar-refractivity contribution in [3.05, 3.63) is 56.0 Å². The number of methoxy groups -OCH3 is 2. The zero-order valence-corrected chi connectivity index (χ0v) is 15.2. The van der Waals surface area contributed by atoms with Crippen molar-refractivity contribution in [2.45, 2.75) is 13.0 Å². The summed E-state index contributed by atoms with van der Waals surface area (Å²) in [4.78, 5) is 0. The van der Waals surface area contributed by atoms with Crippen LogP contribution in [0.25, 0.3) is 0 Å². The van der Waals surface area contributed by atoms with E-state index in [0.717, 1.165) is 25.8 Å². The summed E-state index contributed by atoms with van der Waals surface area (Å²) in [5.41, 5.74) is 2.53. The number of aliphatic hydroxyl groups is 1. The van der Waals surface area contributed by atoms with Crippen LogP contribution in [-0.2, 0) is 0 Å². The Hall–Kier alpha value is -1.04. The molecule has 0 aliphatic rings. The number of ether oxygens (including phenoxy) is 2. The number of aryl methyl sites for hydroxylation is 1. The molecule has 112 valence electrons. The molecule has 2 rings (SSSR count). The predicted octanol–water partition coefficient (Wildman–Crippen LogP) is 4.62. The lowest BCUT2D eigenvalue weighted by Gasteiger charge is -2.17. The van der Waals surface area contributed by atoms with Gasteiger partial charge in [-0.05, 0) is 58.2 Å². The number of hydrogen-bond donors (Lipinski definition) is 1. The Morgan fingerprint density at radius 2 is 1.62 bits per heavy atom. The Morgan fingerprint density at radius 1 is 0.952 bits per heavy atom. The molecule has 0 radical (unpaired) electrons. The molecule has 1 N–H and O–H groups in total. The van der Waals surface area contributed by atoms with Gasteiger partial charge in [0.05, 0.1) is 18.7 Å². The molecule has 0 saturated carbocycles. The van der Waals surface area contributed by atoms with Crippen LogP contribution in [0.2, 0.25) is 0 Å². The van der Waals surface area contributed by atoms with Crippen LogP contribution in [0.4, 0.5) is 0 Å². The van der Waals surface area contributed by atoms with Gasteiger partial charge in [-0.25, -0.2) is 0 Å². The molecule has 1 atom stereocenters. The number of halogens is 2. The summed E-state index contributed by atoms with van der Waals surface area (Å²) >= 11 is 6.92. The molecule has 1 unspecified atom stereocenters. The minimum atomic E-state index is -0.779. The number of benzene rings is 2. The molecule has 2 aromatic carbocycles. The summed E-state index contributed by atoms with van der Waals surface area (Å²) < 4.78 is 12.3. The van der Waals surface area contributed by atoms with Gasteiger partial charge in [0.25, 0.3) is 0 Å². The average molecular weight is 416 g/mol. The van der Waals surface area contributed by atoms with Gasteiger partial charge < -0.3 is 14.6 Å². The van der Waals surface area contributed by atoms with E-state index >= 15 is 0 Å². The van der Waals surface area contributed by atoms with Crippen molar-refractivity contribution in [3.63, 3.8) is 0 Å². The van der Waals surface area contributed by atoms with E-state index in [1.807, 2.05) is 37.3 Å². The standard InChI is InChI=1S/C16H16Br2O3/c1-9-6-15(21-3)11(8-12(9)17)16(19)10-4-5-14(20-2)13(18)7-10/h4-8,16,19H,1-3H3. The molecular formula is C16H16Br2O3. The molecule has 0 aromatic heterocycles. The normalized spacial score (nSPS) is 12.1. The van der Waals surface area contributed by atoms with Crippen molar-refractivity contribution < 1.29 is 14.6 Å². The Bertz CT molecular complexity index is 656. The van der Waals surface area contributed by atoms with Crippen LogP contribution in [0.1, 0.15) is 22.8 Å². The highest BCUT2D eigenvalue weighted by molar-refractivity contribution is 9.10. The van der Waals surface area contributed by atoms with E-state index in [2.05, 4.69) is 31.9 Å². The molecule has 0 bridgehead atoms. The minimum absolute atomic E-state index is 0.662. The van der Waals surface area contributed by atoms with Crippen molar-refractivity contribution in [1.82, 2.24) is 0 Å². The van der Waals surface area contributed by atoms with Gasteiger partial charge in [-0.1, -0.05) is 22.0 Å². The van der Waals surface area contributed by atoms with E-state index < -0.39 is 6.10 Å². The molecular weight excluding hydrogens is 400 g/mol. The average Bonchev–Trinajstić information content (AvgIpc) is 2.48. The smallest absolute Gasteiger partial charge is 0.133 e. The van der Waals surface area contributed by atoms with E-state index in [1.54, 1.807) is 14.2 Å². The highest BCUT2D eigenvalue weighted by Gasteiger charge is 2.18. The summed E-state index contributed by atoms with van der Waals surface area (Å²) in [6, 6.07) is 9.29. The Kier molecular flexibility index (Phi) is 5.30. The van der Waals surface area contributed by atoms with Gasteiger partial charge in [0.1, 0.15) is 17.6 Å². The fourth-order valence-electron chi connectivity index (χ4n) is 2.09. The zero-order valence-electron chi connectivity index (χ0n) is 12.0. The Morgan fingerprint density at radius 3 is 2.19 bits per heavy atom. The van der Waals surface area contributed by atoms with Gasteiger partial charge >= 0.3 is 0 Å². The lowest BCUT2D eigenvalue weighted by molar-refractivity contribution is 0.214. The van der Waals surface area contributed by atoms with Gasteiger partial charge in [-0.15, -0.1) is 0 Å². The lowest BCUT2D eigenvalue weighted by Crippen LogP contribution is -2.03. The molecule has 0 fully saturated rings. The van der Waals surface area contributed by atoms with E-state index in [9.17, 15) is 5.11 Å². The van der Waals surface area contributed by atoms with Crippen molar-refractivity contribution in [2.24, 2.45) is 0 Å². The number of aliphatic hydroxyl groups excluding tert-OH is 1. The molecule has 0 saturated heterocycles. The van der Waals surface area contributed by atoms with Crippen molar-refractivity contribution in [2.75, 3.05) is 14.2 Å². The third-order valence-corrected chi connectivity index (χ3v) is 4.77. The summed E-state index contributed by atoms with van der Waals surface area (Å²) in [7, 11) is 3.21. The fourth-order valence-corrected chi connectivity index (χ4v) is 3.01. The topological polar surface area (TPSA) is 38.7 Å². The molecule has 21 heavy (non-hydrogen) atoms. The van der Waals surface area contributed by atoms with Crippen LogP contribution >= 0.6 is 31.9 Å². The van der Waals surface area contributed by atoms with Crippen molar-refractivity contribution >= 4 is 31.9 Å². The molecule has 0 spiro atoms. The first-order chi connectivity index (χ1) is 9.97. The third-order valence-electron chi connectivity index (χ3n) is 3.30. The highest BCUT2D eigenvalue weighted by Crippen LogP contribution is 2.36. The second-order valence-electron chi connectivity index (χ2n) is 4.64. The van der Waals surface area contributed by atoms with E-state index in [4.69, 9.17) is 9.47 Å². The predicted molar refractivity (Wildman–Crippen MR) is 90.2 cm³/mol. The molecule has 0 aliphatic heterocycles. The zero-order chi connectivity index (χ0) is 15.6. The number of hydrogen-bond acceptors (Lipinski definition) is 3.